The first kappa shape index (κ1) is 15.5. The molecule has 0 saturated carbocycles. The van der Waals surface area contributed by atoms with Crippen LogP contribution in [0.5, 0.6) is 0 Å². The van der Waals surface area contributed by atoms with Crippen molar-refractivity contribution in [1.82, 2.24) is 0 Å². The van der Waals surface area contributed by atoms with E-state index in [0.29, 0.717) is 12.2 Å². The summed E-state index contributed by atoms with van der Waals surface area (Å²) < 4.78 is 27.0. The normalized spacial score (nSPS) is 12.1. The van der Waals surface area contributed by atoms with Crippen molar-refractivity contribution in [2.75, 3.05) is 11.3 Å². The van der Waals surface area contributed by atoms with Crippen molar-refractivity contribution in [1.29, 1.82) is 0 Å². The number of nitrogens with two attached hydrogens (primary N) is 1. The Kier molecular flexibility index (Phi) is 4.34. The molecule has 0 radical (unpaired) electrons. The molecule has 0 saturated heterocycles. The van der Waals surface area contributed by atoms with Crippen molar-refractivity contribution >= 4 is 15.7 Å². The van der Waals surface area contributed by atoms with Crippen LogP contribution in [0.3, 0.4) is 0 Å². The molecule has 4 nitrogen and oxygen atoms in total. The monoisotopic (exact) mass is 304 g/mol. The van der Waals surface area contributed by atoms with Crippen molar-refractivity contribution < 1.29 is 8.42 Å². The van der Waals surface area contributed by atoms with Gasteiger partial charge in [-0.15, -0.1) is 0 Å². The van der Waals surface area contributed by atoms with Gasteiger partial charge in [0.05, 0.1) is 4.90 Å². The Labute approximate surface area is 126 Å². The molecular weight excluding hydrogens is 284 g/mol. The minimum Gasteiger partial charge on any atom is -0.330 e. The number of anilines is 1. The molecular formula is C16H20N2O2S. The average molecular weight is 304 g/mol. The lowest BCUT2D eigenvalue weighted by Gasteiger charge is -2.23. The fraction of sp³-hybridized carbons (Fsp3) is 0.250. The summed E-state index contributed by atoms with van der Waals surface area (Å²) in [6.45, 7) is 4.63. The molecule has 0 aliphatic heterocycles. The van der Waals surface area contributed by atoms with Gasteiger partial charge in [0.1, 0.15) is 0 Å². The third kappa shape index (κ3) is 3.62. The predicted octanol–water partition coefficient (Wildman–Crippen LogP) is 2.72. The summed E-state index contributed by atoms with van der Waals surface area (Å²) in [6, 6.07) is 15.6. The fourth-order valence-corrected chi connectivity index (χ4v) is 3.00. The van der Waals surface area contributed by atoms with Crippen LogP contribution in [0.25, 0.3) is 0 Å². The average Bonchev–Trinajstić information content (AvgIpc) is 2.48. The molecule has 0 aliphatic rings. The van der Waals surface area contributed by atoms with Gasteiger partial charge in [0.2, 0.25) is 0 Å². The van der Waals surface area contributed by atoms with Gasteiger partial charge in [0.15, 0.2) is 0 Å². The van der Waals surface area contributed by atoms with Gasteiger partial charge in [-0.25, -0.2) is 8.42 Å². The minimum atomic E-state index is -3.54. The van der Waals surface area contributed by atoms with E-state index in [9.17, 15) is 8.42 Å². The van der Waals surface area contributed by atoms with Crippen LogP contribution < -0.4 is 10.5 Å². The molecule has 2 aromatic carbocycles. The van der Waals surface area contributed by atoms with Crippen LogP contribution in [0.15, 0.2) is 59.5 Å². The van der Waals surface area contributed by atoms with E-state index in [1.807, 2.05) is 12.1 Å². The van der Waals surface area contributed by atoms with E-state index in [2.05, 4.69) is 18.6 Å². The Bertz CT molecular complexity index is 693. The Morgan fingerprint density at radius 2 is 1.57 bits per heavy atom. The van der Waals surface area contributed by atoms with E-state index < -0.39 is 10.0 Å². The zero-order valence-electron chi connectivity index (χ0n) is 12.2. The van der Waals surface area contributed by atoms with Crippen LogP contribution in [0.1, 0.15) is 19.4 Å². The van der Waals surface area contributed by atoms with Crippen molar-refractivity contribution in [2.45, 2.75) is 24.2 Å². The van der Waals surface area contributed by atoms with Crippen LogP contribution in [0.2, 0.25) is 0 Å². The summed E-state index contributed by atoms with van der Waals surface area (Å²) >= 11 is 0. The molecule has 0 heterocycles. The standard InChI is InChI=1S/C16H20N2O2S/c1-16(2,12-17)13-8-10-14(11-9-13)18-21(19,20)15-6-4-3-5-7-15/h3-11,18H,12,17H2,1-2H3. The molecule has 0 atom stereocenters. The highest BCUT2D eigenvalue weighted by Gasteiger charge is 2.19. The lowest BCUT2D eigenvalue weighted by Crippen LogP contribution is -2.27. The number of benzene rings is 2. The van der Waals surface area contributed by atoms with Crippen molar-refractivity contribution in [3.05, 3.63) is 60.2 Å². The van der Waals surface area contributed by atoms with Gasteiger partial charge in [-0.05, 0) is 29.8 Å². The third-order valence-electron chi connectivity index (χ3n) is 3.48. The first-order chi connectivity index (χ1) is 9.85. The van der Waals surface area contributed by atoms with Crippen LogP contribution in [0, 0.1) is 0 Å². The molecule has 0 aromatic heterocycles. The second-order valence-electron chi connectivity index (χ2n) is 5.58. The van der Waals surface area contributed by atoms with Crippen LogP contribution in [-0.2, 0) is 15.4 Å². The van der Waals surface area contributed by atoms with Gasteiger partial charge in [-0.3, -0.25) is 4.72 Å². The molecule has 0 aliphatic carbocycles. The van der Waals surface area contributed by atoms with Crippen LogP contribution in [0.4, 0.5) is 5.69 Å². The number of hydrogen-bond donors (Lipinski definition) is 2. The van der Waals surface area contributed by atoms with Gasteiger partial charge in [0, 0.05) is 17.6 Å². The van der Waals surface area contributed by atoms with Crippen LogP contribution >= 0.6 is 0 Å². The van der Waals surface area contributed by atoms with Crippen molar-refractivity contribution in [3.8, 4) is 0 Å². The molecule has 21 heavy (non-hydrogen) atoms. The molecule has 0 fully saturated rings. The second kappa shape index (κ2) is 5.87. The summed E-state index contributed by atoms with van der Waals surface area (Å²) in [5.74, 6) is 0. The molecule has 2 rings (SSSR count). The lowest BCUT2D eigenvalue weighted by atomic mass is 9.85. The maximum absolute atomic E-state index is 12.2. The smallest absolute Gasteiger partial charge is 0.261 e. The van der Waals surface area contributed by atoms with E-state index in [-0.39, 0.29) is 10.3 Å². The van der Waals surface area contributed by atoms with E-state index in [1.54, 1.807) is 42.5 Å². The molecule has 0 unspecified atom stereocenters. The van der Waals surface area contributed by atoms with Crippen molar-refractivity contribution in [3.63, 3.8) is 0 Å². The Balaban J connectivity index is 2.22. The number of rotatable bonds is 5. The Hall–Kier alpha value is -1.85. The lowest BCUT2D eigenvalue weighted by molar-refractivity contribution is 0.539. The maximum Gasteiger partial charge on any atom is 0.261 e. The van der Waals surface area contributed by atoms with Gasteiger partial charge in [0.25, 0.3) is 10.0 Å². The highest BCUT2D eigenvalue weighted by atomic mass is 32.2. The number of sulfonamides is 1. The summed E-state index contributed by atoms with van der Waals surface area (Å²) in [4.78, 5) is 0.247. The molecule has 2 aromatic rings. The molecule has 5 heteroatoms. The SMILES string of the molecule is CC(C)(CN)c1ccc(NS(=O)(=O)c2ccccc2)cc1. The highest BCUT2D eigenvalue weighted by Crippen LogP contribution is 2.24. The number of nitrogens with one attached hydrogen (secondary N) is 1. The quantitative estimate of drug-likeness (QED) is 0.892. The van der Waals surface area contributed by atoms with E-state index >= 15 is 0 Å². The molecule has 112 valence electrons. The minimum absolute atomic E-state index is 0.128. The van der Waals surface area contributed by atoms with E-state index in [1.165, 1.54) is 0 Å². The molecule has 0 bridgehead atoms. The number of hydrogen-bond acceptors (Lipinski definition) is 3. The molecule has 0 amide bonds. The summed E-state index contributed by atoms with van der Waals surface area (Å²) in [5.41, 5.74) is 7.23. The van der Waals surface area contributed by atoms with E-state index in [0.717, 1.165) is 5.56 Å². The van der Waals surface area contributed by atoms with Gasteiger partial charge < -0.3 is 5.73 Å². The van der Waals surface area contributed by atoms with Crippen LogP contribution in [-0.4, -0.2) is 15.0 Å². The summed E-state index contributed by atoms with van der Waals surface area (Å²) in [7, 11) is -3.54. The summed E-state index contributed by atoms with van der Waals surface area (Å²) in [5, 5.41) is 0. The topological polar surface area (TPSA) is 72.2 Å². The molecule has 0 spiro atoms. The Morgan fingerprint density at radius 3 is 2.10 bits per heavy atom. The highest BCUT2D eigenvalue weighted by molar-refractivity contribution is 7.92. The largest absolute Gasteiger partial charge is 0.330 e. The van der Waals surface area contributed by atoms with Gasteiger partial charge >= 0.3 is 0 Å². The zero-order valence-corrected chi connectivity index (χ0v) is 13.0. The van der Waals surface area contributed by atoms with Gasteiger partial charge in [-0.2, -0.15) is 0 Å². The second-order valence-corrected chi connectivity index (χ2v) is 7.27. The fourth-order valence-electron chi connectivity index (χ4n) is 1.92. The zero-order chi connectivity index (χ0) is 15.5. The first-order valence-electron chi connectivity index (χ1n) is 6.74. The van der Waals surface area contributed by atoms with Crippen molar-refractivity contribution in [2.24, 2.45) is 5.73 Å². The third-order valence-corrected chi connectivity index (χ3v) is 4.88. The van der Waals surface area contributed by atoms with E-state index in [4.69, 9.17) is 5.73 Å². The first-order valence-corrected chi connectivity index (χ1v) is 8.22. The maximum atomic E-state index is 12.2. The predicted molar refractivity (Wildman–Crippen MR) is 85.8 cm³/mol. The Morgan fingerprint density at radius 1 is 1.00 bits per heavy atom. The van der Waals surface area contributed by atoms with Gasteiger partial charge in [-0.1, -0.05) is 44.2 Å². The summed E-state index contributed by atoms with van der Waals surface area (Å²) in [6.07, 6.45) is 0. The molecule has 3 N–H and O–H groups in total.